The molecule has 2 amide bonds. The Morgan fingerprint density at radius 1 is 1.07 bits per heavy atom. The lowest BCUT2D eigenvalue weighted by atomic mass is 10.0. The first-order valence-corrected chi connectivity index (χ1v) is 14.8. The molecule has 5 rings (SSSR count). The molecular formula is C29H32F4N6O4S. The lowest BCUT2D eigenvalue weighted by molar-refractivity contribution is -0.138. The molecule has 2 atom stereocenters. The molecule has 0 saturated carbocycles. The number of hydrogen-bond acceptors (Lipinski definition) is 8. The van der Waals surface area contributed by atoms with Crippen LogP contribution in [0.2, 0.25) is 0 Å². The van der Waals surface area contributed by atoms with Gasteiger partial charge in [-0.15, -0.1) is 11.3 Å². The number of halogens is 4. The van der Waals surface area contributed by atoms with Crippen LogP contribution in [0.25, 0.3) is 11.3 Å². The van der Waals surface area contributed by atoms with E-state index in [1.165, 1.54) is 24.6 Å². The summed E-state index contributed by atoms with van der Waals surface area (Å²) in [5.74, 6) is -2.11. The van der Waals surface area contributed by atoms with Gasteiger partial charge in [0.15, 0.2) is 5.01 Å². The number of likely N-dealkylation sites (N-methyl/N-ethyl adjacent to an activating group) is 1. The van der Waals surface area contributed by atoms with Crippen molar-refractivity contribution in [3.8, 4) is 11.3 Å². The maximum Gasteiger partial charge on any atom is 0.417 e. The Hall–Kier alpha value is -3.82. The number of nitrogens with one attached hydrogen (secondary N) is 1. The highest BCUT2D eigenvalue weighted by Gasteiger charge is 2.37. The van der Waals surface area contributed by atoms with Crippen LogP contribution in [0.5, 0.6) is 0 Å². The molecule has 0 bridgehead atoms. The van der Waals surface area contributed by atoms with Crippen LogP contribution in [0, 0.1) is 5.82 Å². The Balaban J connectivity index is 1.56. The Labute approximate surface area is 254 Å². The van der Waals surface area contributed by atoms with Crippen LogP contribution in [-0.4, -0.2) is 89.7 Å². The van der Waals surface area contributed by atoms with Crippen LogP contribution in [0.15, 0.2) is 34.6 Å². The number of benzene rings is 1. The van der Waals surface area contributed by atoms with Gasteiger partial charge in [-0.3, -0.25) is 19.3 Å². The second-order valence-corrected chi connectivity index (χ2v) is 11.9. The quantitative estimate of drug-likeness (QED) is 0.424. The van der Waals surface area contributed by atoms with Gasteiger partial charge in [-0.25, -0.2) is 9.37 Å². The molecule has 0 aliphatic carbocycles. The number of alkyl halides is 3. The van der Waals surface area contributed by atoms with Crippen molar-refractivity contribution in [3.63, 3.8) is 0 Å². The first kappa shape index (κ1) is 31.6. The molecule has 1 aromatic carbocycles. The van der Waals surface area contributed by atoms with Gasteiger partial charge in [-0.1, -0.05) is 0 Å². The molecular weight excluding hydrogens is 604 g/mol. The van der Waals surface area contributed by atoms with Gasteiger partial charge in [-0.05, 0) is 27.0 Å². The molecule has 15 heteroatoms. The van der Waals surface area contributed by atoms with Crippen molar-refractivity contribution in [2.75, 3.05) is 56.7 Å². The Bertz CT molecular complexity index is 1620. The molecule has 2 aromatic heterocycles. The number of ether oxygens (including phenoxy) is 1. The molecule has 2 unspecified atom stereocenters. The highest BCUT2D eigenvalue weighted by Crippen LogP contribution is 2.37. The number of nitrogens with zero attached hydrogens (tertiary/aromatic N) is 5. The standard InChI is InChI=1S/C29H32F4N6O4S/c1-16-12-39(13-17(2)37(16)4)24-11-21(30)18(23-15-44-27(35-23)28(42)38-5-7-43-8-6-38)9-22(24)34-26(41)19-14-36(3)25(40)10-20(19)29(31,32)33/h9-11,14-17H,5-8,12-13H2,1-4H3,(H,34,41). The van der Waals surface area contributed by atoms with Gasteiger partial charge in [0.05, 0.1) is 41.4 Å². The Morgan fingerprint density at radius 3 is 2.36 bits per heavy atom. The number of morpholine rings is 1. The number of aromatic nitrogens is 2. The second kappa shape index (κ2) is 12.3. The van der Waals surface area contributed by atoms with Crippen LogP contribution in [0.3, 0.4) is 0 Å². The molecule has 2 aliphatic heterocycles. The van der Waals surface area contributed by atoms with E-state index >= 15 is 4.39 Å². The molecule has 236 valence electrons. The number of thiazole rings is 1. The van der Waals surface area contributed by atoms with Gasteiger partial charge in [0.1, 0.15) is 5.82 Å². The lowest BCUT2D eigenvalue weighted by Gasteiger charge is -2.44. The summed E-state index contributed by atoms with van der Waals surface area (Å²) < 4.78 is 63.5. The van der Waals surface area contributed by atoms with E-state index in [0.29, 0.717) is 45.5 Å². The summed E-state index contributed by atoms with van der Waals surface area (Å²) in [5.41, 5.74) is -2.61. The van der Waals surface area contributed by atoms with Gasteiger partial charge >= 0.3 is 6.18 Å². The predicted octanol–water partition coefficient (Wildman–Crippen LogP) is 3.92. The van der Waals surface area contributed by atoms with E-state index in [4.69, 9.17) is 4.74 Å². The predicted molar refractivity (Wildman–Crippen MR) is 158 cm³/mol. The van der Waals surface area contributed by atoms with Crippen LogP contribution >= 0.6 is 11.3 Å². The van der Waals surface area contributed by atoms with Crippen molar-refractivity contribution in [3.05, 3.63) is 62.1 Å². The second-order valence-electron chi connectivity index (χ2n) is 11.1. The van der Waals surface area contributed by atoms with Gasteiger partial charge < -0.3 is 24.4 Å². The first-order chi connectivity index (χ1) is 20.7. The highest BCUT2D eigenvalue weighted by atomic mass is 32.1. The third kappa shape index (κ3) is 6.35. The minimum atomic E-state index is -4.97. The summed E-state index contributed by atoms with van der Waals surface area (Å²) in [6, 6.07) is 3.03. The van der Waals surface area contributed by atoms with Crippen LogP contribution in [0.4, 0.5) is 28.9 Å². The molecule has 4 heterocycles. The van der Waals surface area contributed by atoms with Crippen molar-refractivity contribution in [1.29, 1.82) is 0 Å². The molecule has 3 aromatic rings. The van der Waals surface area contributed by atoms with E-state index in [-0.39, 0.29) is 45.6 Å². The van der Waals surface area contributed by atoms with Crippen LogP contribution in [0.1, 0.15) is 39.6 Å². The molecule has 1 N–H and O–H groups in total. The molecule has 44 heavy (non-hydrogen) atoms. The summed E-state index contributed by atoms with van der Waals surface area (Å²) in [4.78, 5) is 48.4. The first-order valence-electron chi connectivity index (χ1n) is 14.0. The van der Waals surface area contributed by atoms with Gasteiger partial charge in [-0.2, -0.15) is 13.2 Å². The van der Waals surface area contributed by atoms with E-state index in [1.807, 2.05) is 25.8 Å². The maximum atomic E-state index is 15.8. The number of carbonyl (C=O) groups excluding carboxylic acids is 2. The van der Waals surface area contributed by atoms with E-state index in [1.54, 1.807) is 4.90 Å². The molecule has 0 radical (unpaired) electrons. The third-order valence-corrected chi connectivity index (χ3v) is 8.90. The minimum Gasteiger partial charge on any atom is -0.378 e. The van der Waals surface area contributed by atoms with Crippen molar-refractivity contribution >= 4 is 34.5 Å². The normalized spacial score (nSPS) is 19.7. The summed E-state index contributed by atoms with van der Waals surface area (Å²) in [6.45, 7) is 6.52. The molecule has 2 saturated heterocycles. The fourth-order valence-corrected chi connectivity index (χ4v) is 6.14. The number of amides is 2. The average Bonchev–Trinajstić information content (AvgIpc) is 3.47. The monoisotopic (exact) mass is 636 g/mol. The van der Waals surface area contributed by atoms with Crippen molar-refractivity contribution < 1.29 is 31.9 Å². The molecule has 10 nitrogen and oxygen atoms in total. The largest absolute Gasteiger partial charge is 0.417 e. The summed E-state index contributed by atoms with van der Waals surface area (Å²) in [7, 11) is 3.21. The smallest absolute Gasteiger partial charge is 0.378 e. The zero-order valence-electron chi connectivity index (χ0n) is 24.6. The third-order valence-electron chi connectivity index (χ3n) is 8.07. The van der Waals surface area contributed by atoms with E-state index < -0.39 is 34.6 Å². The number of hydrogen-bond donors (Lipinski definition) is 1. The number of carbonyl (C=O) groups is 2. The van der Waals surface area contributed by atoms with Gasteiger partial charge in [0, 0.05) is 74.6 Å². The zero-order chi connectivity index (χ0) is 31.9. The van der Waals surface area contributed by atoms with Gasteiger partial charge in [0.2, 0.25) is 0 Å². The van der Waals surface area contributed by atoms with Crippen molar-refractivity contribution in [1.82, 2.24) is 19.4 Å². The van der Waals surface area contributed by atoms with Crippen molar-refractivity contribution in [2.24, 2.45) is 7.05 Å². The van der Waals surface area contributed by atoms with Gasteiger partial charge in [0.25, 0.3) is 17.4 Å². The molecule has 2 aliphatic rings. The van der Waals surface area contributed by atoms with Crippen LogP contribution < -0.4 is 15.8 Å². The number of rotatable bonds is 5. The number of anilines is 2. The molecule has 0 spiro atoms. The Kier molecular flexibility index (Phi) is 8.82. The molecule has 2 fully saturated rings. The fourth-order valence-electron chi connectivity index (χ4n) is 5.35. The summed E-state index contributed by atoms with van der Waals surface area (Å²) in [6.07, 6.45) is -4.14. The van der Waals surface area contributed by atoms with E-state index in [2.05, 4.69) is 15.2 Å². The van der Waals surface area contributed by atoms with Crippen molar-refractivity contribution in [2.45, 2.75) is 32.1 Å². The highest BCUT2D eigenvalue weighted by molar-refractivity contribution is 7.12. The number of aryl methyl sites for hydroxylation is 1. The summed E-state index contributed by atoms with van der Waals surface area (Å²) >= 11 is 1.04. The average molecular weight is 637 g/mol. The zero-order valence-corrected chi connectivity index (χ0v) is 25.4. The lowest BCUT2D eigenvalue weighted by Crippen LogP contribution is -2.55. The van der Waals surface area contributed by atoms with E-state index in [9.17, 15) is 27.6 Å². The Morgan fingerprint density at radius 2 is 1.73 bits per heavy atom. The van der Waals surface area contributed by atoms with Crippen LogP contribution in [-0.2, 0) is 18.0 Å². The topological polar surface area (TPSA) is 100 Å². The number of piperazine rings is 1. The fraction of sp³-hybridized carbons (Fsp3) is 0.448. The SMILES string of the molecule is CC1CN(c2cc(F)c(-c3csc(C(=O)N4CCOCC4)n3)cc2NC(=O)c2cn(C)c(=O)cc2C(F)(F)F)CC(C)N1C. The summed E-state index contributed by atoms with van der Waals surface area (Å²) in [5, 5.41) is 4.22. The van der Waals surface area contributed by atoms with E-state index in [0.717, 1.165) is 22.1 Å². The minimum absolute atomic E-state index is 0.0342. The number of pyridine rings is 1. The maximum absolute atomic E-state index is 15.8.